The number of amides is 1. The van der Waals surface area contributed by atoms with Crippen LogP contribution in [-0.4, -0.2) is 53.1 Å². The van der Waals surface area contributed by atoms with Gasteiger partial charge in [-0.1, -0.05) is 13.8 Å². The van der Waals surface area contributed by atoms with Gasteiger partial charge in [-0.25, -0.2) is 8.42 Å². The highest BCUT2D eigenvalue weighted by Crippen LogP contribution is 2.15. The molecule has 0 bridgehead atoms. The van der Waals surface area contributed by atoms with Crippen LogP contribution in [0.4, 0.5) is 0 Å². The number of carbonyl (C=O) groups is 1. The zero-order chi connectivity index (χ0) is 15.6. The maximum Gasteiger partial charge on any atom is 0.257 e. The third-order valence-corrected chi connectivity index (χ3v) is 6.00. The molecule has 1 atom stereocenters. The molecule has 1 amide bonds. The first kappa shape index (κ1) is 16.0. The molecule has 2 rings (SSSR count). The summed E-state index contributed by atoms with van der Waals surface area (Å²) in [6.07, 6.45) is 3.80. The van der Waals surface area contributed by atoms with Crippen molar-refractivity contribution in [3.8, 4) is 0 Å². The predicted octanol–water partition coefficient (Wildman–Crippen LogP) is 1.19. The summed E-state index contributed by atoms with van der Waals surface area (Å²) in [4.78, 5) is 14.1. The molecule has 7 heteroatoms. The number of nitrogens with zero attached hydrogens (tertiary/aromatic N) is 3. The molecule has 1 saturated heterocycles. The van der Waals surface area contributed by atoms with Gasteiger partial charge in [0.2, 0.25) is 0 Å². The van der Waals surface area contributed by atoms with Gasteiger partial charge in [-0.2, -0.15) is 5.10 Å². The molecular weight excluding hydrogens is 290 g/mol. The van der Waals surface area contributed by atoms with E-state index in [2.05, 4.69) is 18.9 Å². The minimum Gasteiger partial charge on any atom is -0.337 e. The third-order valence-electron chi connectivity index (χ3n) is 3.78. The fraction of sp³-hybridized carbons (Fsp3) is 0.714. The van der Waals surface area contributed by atoms with Crippen molar-refractivity contribution in [2.24, 2.45) is 5.92 Å². The van der Waals surface area contributed by atoms with E-state index in [1.807, 2.05) is 0 Å². The Hall–Kier alpha value is -1.37. The highest BCUT2D eigenvalue weighted by atomic mass is 32.2. The molecule has 21 heavy (non-hydrogen) atoms. The smallest absolute Gasteiger partial charge is 0.257 e. The Morgan fingerprint density at radius 1 is 1.43 bits per heavy atom. The van der Waals surface area contributed by atoms with E-state index in [1.165, 1.54) is 0 Å². The standard InChI is InChI=1S/C14H23N3O3S/c1-11(2)9-17-10-13(8-15-17)14(18)16-5-4-12(3)21(19,20)7-6-16/h8,10-12H,4-7,9H2,1-3H3/t12-/m0/s1. The topological polar surface area (TPSA) is 72.3 Å². The molecule has 118 valence electrons. The minimum atomic E-state index is -3.07. The van der Waals surface area contributed by atoms with Crippen molar-refractivity contribution in [1.29, 1.82) is 0 Å². The molecule has 0 aromatic carbocycles. The van der Waals surface area contributed by atoms with Crippen LogP contribution in [0.3, 0.4) is 0 Å². The van der Waals surface area contributed by atoms with E-state index in [1.54, 1.807) is 28.9 Å². The zero-order valence-electron chi connectivity index (χ0n) is 12.8. The van der Waals surface area contributed by atoms with Gasteiger partial charge in [0.15, 0.2) is 9.84 Å². The summed E-state index contributed by atoms with van der Waals surface area (Å²) < 4.78 is 25.5. The van der Waals surface area contributed by atoms with Crippen molar-refractivity contribution < 1.29 is 13.2 Å². The van der Waals surface area contributed by atoms with Crippen molar-refractivity contribution in [3.05, 3.63) is 18.0 Å². The second-order valence-corrected chi connectivity index (χ2v) is 8.64. The Kier molecular flexibility index (Phi) is 4.70. The fourth-order valence-corrected chi connectivity index (χ4v) is 3.74. The number of sulfone groups is 1. The number of hydrogen-bond acceptors (Lipinski definition) is 4. The molecule has 0 unspecified atom stereocenters. The predicted molar refractivity (Wildman–Crippen MR) is 80.8 cm³/mol. The van der Waals surface area contributed by atoms with Gasteiger partial charge in [-0.3, -0.25) is 9.48 Å². The molecule has 6 nitrogen and oxygen atoms in total. The van der Waals surface area contributed by atoms with Crippen LogP contribution in [0.2, 0.25) is 0 Å². The number of hydrogen-bond donors (Lipinski definition) is 0. The third kappa shape index (κ3) is 3.84. The minimum absolute atomic E-state index is 0.0417. The summed E-state index contributed by atoms with van der Waals surface area (Å²) in [6, 6.07) is 0. The second-order valence-electron chi connectivity index (χ2n) is 6.10. The summed E-state index contributed by atoms with van der Waals surface area (Å²) in [5.41, 5.74) is 0.530. The van der Waals surface area contributed by atoms with Crippen molar-refractivity contribution in [2.45, 2.75) is 39.0 Å². The first-order valence-electron chi connectivity index (χ1n) is 7.33. The van der Waals surface area contributed by atoms with Gasteiger partial charge in [-0.05, 0) is 19.3 Å². The zero-order valence-corrected chi connectivity index (χ0v) is 13.6. The number of aromatic nitrogens is 2. The summed E-state index contributed by atoms with van der Waals surface area (Å²) in [6.45, 7) is 7.40. The van der Waals surface area contributed by atoms with E-state index in [0.29, 0.717) is 24.4 Å². The van der Waals surface area contributed by atoms with Crippen LogP contribution in [-0.2, 0) is 16.4 Å². The average Bonchev–Trinajstić information content (AvgIpc) is 2.79. The van der Waals surface area contributed by atoms with Crippen LogP contribution in [0.5, 0.6) is 0 Å². The summed E-state index contributed by atoms with van der Waals surface area (Å²) >= 11 is 0. The Bertz CT molecular complexity index is 607. The summed E-state index contributed by atoms with van der Waals surface area (Å²) in [5, 5.41) is 3.81. The fourth-order valence-electron chi connectivity index (χ4n) is 2.40. The van der Waals surface area contributed by atoms with Gasteiger partial charge in [0.1, 0.15) is 0 Å². The van der Waals surface area contributed by atoms with E-state index in [9.17, 15) is 13.2 Å². The molecule has 1 aromatic rings. The van der Waals surface area contributed by atoms with E-state index >= 15 is 0 Å². The monoisotopic (exact) mass is 313 g/mol. The van der Waals surface area contributed by atoms with Crippen molar-refractivity contribution in [3.63, 3.8) is 0 Å². The van der Waals surface area contributed by atoms with E-state index in [0.717, 1.165) is 6.54 Å². The Labute approximate surface area is 126 Å². The largest absolute Gasteiger partial charge is 0.337 e. The first-order chi connectivity index (χ1) is 9.79. The highest BCUT2D eigenvalue weighted by Gasteiger charge is 2.29. The Morgan fingerprint density at radius 2 is 2.14 bits per heavy atom. The van der Waals surface area contributed by atoms with E-state index in [4.69, 9.17) is 0 Å². The summed E-state index contributed by atoms with van der Waals surface area (Å²) in [5.74, 6) is 0.367. The first-order valence-corrected chi connectivity index (χ1v) is 9.04. The Balaban J connectivity index is 2.08. The molecule has 0 N–H and O–H groups in total. The normalized spacial score (nSPS) is 22.3. The molecule has 0 aliphatic carbocycles. The van der Waals surface area contributed by atoms with Gasteiger partial charge >= 0.3 is 0 Å². The van der Waals surface area contributed by atoms with Crippen LogP contribution >= 0.6 is 0 Å². The second kappa shape index (κ2) is 6.17. The molecule has 1 aliphatic rings. The lowest BCUT2D eigenvalue weighted by molar-refractivity contribution is 0.0767. The summed E-state index contributed by atoms with van der Waals surface area (Å²) in [7, 11) is -3.07. The van der Waals surface area contributed by atoms with Gasteiger partial charge in [-0.15, -0.1) is 0 Å². The molecule has 0 radical (unpaired) electrons. The molecule has 1 aliphatic heterocycles. The maximum absolute atomic E-state index is 12.4. The lowest BCUT2D eigenvalue weighted by Gasteiger charge is -2.18. The molecule has 0 saturated carbocycles. The highest BCUT2D eigenvalue weighted by molar-refractivity contribution is 7.92. The molecule has 0 spiro atoms. The lowest BCUT2D eigenvalue weighted by Crippen LogP contribution is -2.33. The maximum atomic E-state index is 12.4. The van der Waals surface area contributed by atoms with E-state index < -0.39 is 9.84 Å². The molecule has 1 aromatic heterocycles. The van der Waals surface area contributed by atoms with E-state index in [-0.39, 0.29) is 23.5 Å². The molecule has 2 heterocycles. The van der Waals surface area contributed by atoms with Gasteiger partial charge in [0, 0.05) is 25.8 Å². The van der Waals surface area contributed by atoms with Crippen molar-refractivity contribution in [1.82, 2.24) is 14.7 Å². The Morgan fingerprint density at radius 3 is 2.81 bits per heavy atom. The van der Waals surface area contributed by atoms with Crippen LogP contribution in [0.1, 0.15) is 37.6 Å². The van der Waals surface area contributed by atoms with Crippen molar-refractivity contribution in [2.75, 3.05) is 18.8 Å². The van der Waals surface area contributed by atoms with Gasteiger partial charge in [0.05, 0.1) is 22.8 Å². The van der Waals surface area contributed by atoms with Crippen molar-refractivity contribution >= 4 is 15.7 Å². The van der Waals surface area contributed by atoms with Crippen LogP contribution in [0.15, 0.2) is 12.4 Å². The van der Waals surface area contributed by atoms with Crippen LogP contribution in [0.25, 0.3) is 0 Å². The van der Waals surface area contributed by atoms with Gasteiger partial charge in [0.25, 0.3) is 5.91 Å². The SMILES string of the molecule is CC(C)Cn1cc(C(=O)N2CC[C@H](C)S(=O)(=O)CC2)cn1. The average molecular weight is 313 g/mol. The van der Waals surface area contributed by atoms with Gasteiger partial charge < -0.3 is 4.90 Å². The molecule has 1 fully saturated rings. The quantitative estimate of drug-likeness (QED) is 0.840. The number of carbonyl (C=O) groups excluding carboxylic acids is 1. The van der Waals surface area contributed by atoms with Crippen LogP contribution in [0, 0.1) is 5.92 Å². The van der Waals surface area contributed by atoms with Crippen LogP contribution < -0.4 is 0 Å². The number of rotatable bonds is 3. The lowest BCUT2D eigenvalue weighted by atomic mass is 10.2. The molecular formula is C14H23N3O3S.